The van der Waals surface area contributed by atoms with Gasteiger partial charge in [0.1, 0.15) is 4.91 Å². The number of hydrogen-bond donors (Lipinski definition) is 0. The Morgan fingerprint density at radius 1 is 1.04 bits per heavy atom. The summed E-state index contributed by atoms with van der Waals surface area (Å²) in [4.78, 5) is 20.8. The fourth-order valence-electron chi connectivity index (χ4n) is 1.67. The van der Waals surface area contributed by atoms with Gasteiger partial charge in [0.05, 0.1) is 27.4 Å². The van der Waals surface area contributed by atoms with Crippen LogP contribution in [-0.2, 0) is 9.53 Å². The van der Waals surface area contributed by atoms with Crippen LogP contribution in [0.1, 0.15) is 5.56 Å². The normalized spacial score (nSPS) is 11.0. The van der Waals surface area contributed by atoms with Crippen LogP contribution in [0.2, 0.25) is 0 Å². The smallest absolute Gasteiger partial charge is 0.344 e. The van der Waals surface area contributed by atoms with Gasteiger partial charge in [0, 0.05) is 0 Å². The molecule has 6 nitrogen and oxygen atoms in total. The number of carbonyl (C=O) groups excluding carboxylic acids is 1. The Hall–Kier alpha value is -2.54. The summed E-state index contributed by atoms with van der Waals surface area (Å²) < 4.78 is 15.0. The highest BCUT2D eigenvalue weighted by molar-refractivity contribution is 8.04. The monoisotopic (exact) mass is 332 g/mol. The summed E-state index contributed by atoms with van der Waals surface area (Å²) in [5.74, 6) is 0.232. The molecule has 23 heavy (non-hydrogen) atoms. The van der Waals surface area contributed by atoms with Gasteiger partial charge in [-0.05, 0) is 23.4 Å². The summed E-state index contributed by atoms with van der Waals surface area (Å²) in [6.45, 7) is 0. The average molecular weight is 332 g/mol. The van der Waals surface area contributed by atoms with Crippen LogP contribution in [0.4, 0.5) is 0 Å². The first-order valence-corrected chi connectivity index (χ1v) is 7.48. The molecule has 2 rings (SSSR count). The fraction of sp³-hybridized carbons (Fsp3) is 0.188. The molecule has 0 saturated heterocycles. The predicted octanol–water partition coefficient (Wildman–Crippen LogP) is 2.80. The van der Waals surface area contributed by atoms with Crippen LogP contribution in [0.3, 0.4) is 0 Å². The third kappa shape index (κ3) is 4.72. The van der Waals surface area contributed by atoms with Crippen molar-refractivity contribution >= 4 is 23.8 Å². The molecule has 0 unspecified atom stereocenters. The molecule has 0 atom stereocenters. The standard InChI is InChI=1S/C16H16N2O4S/c1-20-13-10-14(21-2)18-16(17-13)23-12(15(19)22-3)9-11-7-5-4-6-8-11/h4-10H,1-3H3/b12-9+. The lowest BCUT2D eigenvalue weighted by Gasteiger charge is -2.07. The Labute approximate surface area is 138 Å². The highest BCUT2D eigenvalue weighted by Crippen LogP contribution is 2.29. The molecule has 0 spiro atoms. The van der Waals surface area contributed by atoms with E-state index in [0.717, 1.165) is 17.3 Å². The topological polar surface area (TPSA) is 70.5 Å². The Morgan fingerprint density at radius 3 is 2.17 bits per heavy atom. The molecular weight excluding hydrogens is 316 g/mol. The lowest BCUT2D eigenvalue weighted by atomic mass is 10.2. The van der Waals surface area contributed by atoms with E-state index in [-0.39, 0.29) is 0 Å². The van der Waals surface area contributed by atoms with Gasteiger partial charge < -0.3 is 14.2 Å². The molecule has 0 bridgehead atoms. The molecule has 7 heteroatoms. The van der Waals surface area contributed by atoms with Crippen LogP contribution < -0.4 is 9.47 Å². The molecule has 1 aromatic heterocycles. The number of hydrogen-bond acceptors (Lipinski definition) is 7. The van der Waals surface area contributed by atoms with E-state index in [0.29, 0.717) is 21.8 Å². The minimum Gasteiger partial charge on any atom is -0.481 e. The van der Waals surface area contributed by atoms with Crippen molar-refractivity contribution in [3.05, 3.63) is 46.9 Å². The summed E-state index contributed by atoms with van der Waals surface area (Å²) in [5, 5.41) is 0.328. The van der Waals surface area contributed by atoms with E-state index in [1.807, 2.05) is 30.3 Å². The zero-order valence-corrected chi connectivity index (χ0v) is 13.8. The van der Waals surface area contributed by atoms with E-state index in [9.17, 15) is 4.79 Å². The number of methoxy groups -OCH3 is 3. The minimum atomic E-state index is -0.468. The van der Waals surface area contributed by atoms with Gasteiger partial charge in [0.2, 0.25) is 11.8 Å². The first kappa shape index (κ1) is 16.8. The van der Waals surface area contributed by atoms with E-state index in [1.54, 1.807) is 12.1 Å². The van der Waals surface area contributed by atoms with Crippen molar-refractivity contribution in [1.82, 2.24) is 9.97 Å². The molecule has 0 saturated carbocycles. The van der Waals surface area contributed by atoms with Gasteiger partial charge in [-0.15, -0.1) is 0 Å². The van der Waals surface area contributed by atoms with E-state index in [4.69, 9.17) is 14.2 Å². The number of aromatic nitrogens is 2. The Morgan fingerprint density at radius 2 is 1.65 bits per heavy atom. The van der Waals surface area contributed by atoms with Crippen LogP contribution in [0, 0.1) is 0 Å². The summed E-state index contributed by atoms with van der Waals surface area (Å²) >= 11 is 1.08. The van der Waals surface area contributed by atoms with Gasteiger partial charge in [-0.3, -0.25) is 0 Å². The van der Waals surface area contributed by atoms with Gasteiger partial charge in [-0.25, -0.2) is 4.79 Å². The Balaban J connectivity index is 2.35. The zero-order valence-electron chi connectivity index (χ0n) is 13.0. The molecule has 1 aromatic carbocycles. The van der Waals surface area contributed by atoms with Crippen molar-refractivity contribution in [3.8, 4) is 11.8 Å². The van der Waals surface area contributed by atoms with Gasteiger partial charge in [0.15, 0.2) is 5.16 Å². The number of esters is 1. The molecule has 0 aliphatic carbocycles. The van der Waals surface area contributed by atoms with Crippen LogP contribution >= 0.6 is 11.8 Å². The second-order valence-corrected chi connectivity index (χ2v) is 5.26. The molecule has 0 radical (unpaired) electrons. The molecule has 0 fully saturated rings. The minimum absolute atomic E-state index is 0.328. The van der Waals surface area contributed by atoms with Crippen molar-refractivity contribution in [2.24, 2.45) is 0 Å². The number of benzene rings is 1. The van der Waals surface area contributed by atoms with E-state index in [1.165, 1.54) is 21.3 Å². The summed E-state index contributed by atoms with van der Waals surface area (Å²) in [7, 11) is 4.32. The van der Waals surface area contributed by atoms with Gasteiger partial charge >= 0.3 is 5.97 Å². The van der Waals surface area contributed by atoms with Crippen molar-refractivity contribution in [2.75, 3.05) is 21.3 Å². The lowest BCUT2D eigenvalue weighted by molar-refractivity contribution is -0.135. The molecule has 0 amide bonds. The maximum Gasteiger partial charge on any atom is 0.344 e. The molecule has 0 aliphatic heterocycles. The van der Waals surface area contributed by atoms with Crippen molar-refractivity contribution in [3.63, 3.8) is 0 Å². The maximum absolute atomic E-state index is 12.0. The largest absolute Gasteiger partial charge is 0.481 e. The van der Waals surface area contributed by atoms with Crippen molar-refractivity contribution in [2.45, 2.75) is 5.16 Å². The molecular formula is C16H16N2O4S. The Bertz CT molecular complexity index is 682. The SMILES string of the molecule is COC(=O)/C(=C\c1ccccc1)Sc1nc(OC)cc(OC)n1. The first-order valence-electron chi connectivity index (χ1n) is 6.66. The Kier molecular flexibility index (Phi) is 5.99. The van der Waals surface area contributed by atoms with Crippen LogP contribution in [-0.4, -0.2) is 37.3 Å². The van der Waals surface area contributed by atoms with E-state index in [2.05, 4.69) is 9.97 Å². The van der Waals surface area contributed by atoms with Crippen LogP contribution in [0.25, 0.3) is 6.08 Å². The summed E-state index contributed by atoms with van der Waals surface area (Å²) in [5.41, 5.74) is 0.871. The summed E-state index contributed by atoms with van der Waals surface area (Å²) in [6.07, 6.45) is 1.71. The summed E-state index contributed by atoms with van der Waals surface area (Å²) in [6, 6.07) is 11.0. The molecule has 120 valence electrons. The maximum atomic E-state index is 12.0. The van der Waals surface area contributed by atoms with E-state index < -0.39 is 5.97 Å². The number of rotatable bonds is 6. The molecule has 0 aliphatic rings. The van der Waals surface area contributed by atoms with Crippen LogP contribution in [0.15, 0.2) is 46.5 Å². The van der Waals surface area contributed by atoms with E-state index >= 15 is 0 Å². The highest BCUT2D eigenvalue weighted by Gasteiger charge is 2.15. The number of thioether (sulfide) groups is 1. The lowest BCUT2D eigenvalue weighted by Crippen LogP contribution is -2.03. The molecule has 1 heterocycles. The van der Waals surface area contributed by atoms with Gasteiger partial charge in [0.25, 0.3) is 0 Å². The average Bonchev–Trinajstić information content (AvgIpc) is 2.60. The van der Waals surface area contributed by atoms with Crippen LogP contribution in [0.5, 0.6) is 11.8 Å². The number of ether oxygens (including phenoxy) is 3. The number of nitrogens with zero attached hydrogens (tertiary/aromatic N) is 2. The molecule has 2 aromatic rings. The third-order valence-electron chi connectivity index (χ3n) is 2.76. The quantitative estimate of drug-likeness (QED) is 0.349. The van der Waals surface area contributed by atoms with Gasteiger partial charge in [-0.2, -0.15) is 9.97 Å². The second kappa shape index (κ2) is 8.19. The first-order chi connectivity index (χ1) is 11.2. The van der Waals surface area contributed by atoms with Crippen molar-refractivity contribution < 1.29 is 19.0 Å². The predicted molar refractivity (Wildman–Crippen MR) is 87.4 cm³/mol. The molecule has 0 N–H and O–H groups in total. The van der Waals surface area contributed by atoms with Crippen molar-refractivity contribution in [1.29, 1.82) is 0 Å². The second-order valence-electron chi connectivity index (χ2n) is 4.25. The number of carbonyl (C=O) groups is 1. The third-order valence-corrected chi connectivity index (χ3v) is 3.63. The highest BCUT2D eigenvalue weighted by atomic mass is 32.2. The van der Waals surface area contributed by atoms with Gasteiger partial charge in [-0.1, -0.05) is 30.3 Å². The zero-order chi connectivity index (χ0) is 16.7. The fourth-order valence-corrected chi connectivity index (χ4v) is 2.50.